The number of hydrogen-bond acceptors (Lipinski definition) is 1. The van der Waals surface area contributed by atoms with Gasteiger partial charge in [0, 0.05) is 6.54 Å². The lowest BCUT2D eigenvalue weighted by molar-refractivity contribution is 0.626. The third-order valence-electron chi connectivity index (χ3n) is 2.74. The van der Waals surface area contributed by atoms with Crippen molar-refractivity contribution in [1.29, 1.82) is 0 Å². The first kappa shape index (κ1) is 14.4. The minimum absolute atomic E-state index is 0.281. The van der Waals surface area contributed by atoms with Gasteiger partial charge in [-0.25, -0.2) is 8.78 Å². The van der Waals surface area contributed by atoms with E-state index in [0.29, 0.717) is 17.3 Å². The Hall–Kier alpha value is -2.01. The molecule has 0 aliphatic rings. The third-order valence-corrected chi connectivity index (χ3v) is 2.99. The standard InChI is InChI=1S/C15H14F2N2S/c1-10-2-7-14(13(17)8-10)19-15(20)18-9-11-3-5-12(16)6-4-11/h2-8H,9H2,1H3,(H2,18,19,20). The van der Waals surface area contributed by atoms with Crippen molar-refractivity contribution < 1.29 is 8.78 Å². The lowest BCUT2D eigenvalue weighted by atomic mass is 10.2. The highest BCUT2D eigenvalue weighted by molar-refractivity contribution is 7.80. The average Bonchev–Trinajstić information content (AvgIpc) is 2.41. The number of benzene rings is 2. The normalized spacial score (nSPS) is 10.2. The minimum Gasteiger partial charge on any atom is -0.358 e. The molecule has 0 heterocycles. The van der Waals surface area contributed by atoms with E-state index in [2.05, 4.69) is 10.6 Å². The van der Waals surface area contributed by atoms with Gasteiger partial charge in [0.1, 0.15) is 11.6 Å². The number of halogens is 2. The van der Waals surface area contributed by atoms with Crippen molar-refractivity contribution in [3.63, 3.8) is 0 Å². The molecule has 104 valence electrons. The highest BCUT2D eigenvalue weighted by atomic mass is 32.1. The molecule has 0 aliphatic heterocycles. The van der Waals surface area contributed by atoms with Crippen molar-refractivity contribution in [2.75, 3.05) is 5.32 Å². The first-order chi connectivity index (χ1) is 9.54. The Bertz CT molecular complexity index is 612. The molecule has 0 amide bonds. The number of thiocarbonyl (C=S) groups is 1. The van der Waals surface area contributed by atoms with Crippen LogP contribution in [0.15, 0.2) is 42.5 Å². The molecule has 0 fully saturated rings. The summed E-state index contributed by atoms with van der Waals surface area (Å²) in [7, 11) is 0. The number of hydrogen-bond donors (Lipinski definition) is 2. The molecular weight excluding hydrogens is 278 g/mol. The van der Waals surface area contributed by atoms with Crippen molar-refractivity contribution in [3.05, 3.63) is 65.2 Å². The summed E-state index contributed by atoms with van der Waals surface area (Å²) >= 11 is 5.09. The van der Waals surface area contributed by atoms with Gasteiger partial charge in [-0.15, -0.1) is 0 Å². The molecule has 2 N–H and O–H groups in total. The number of nitrogens with one attached hydrogen (secondary N) is 2. The molecule has 2 rings (SSSR count). The molecule has 0 saturated heterocycles. The van der Waals surface area contributed by atoms with Crippen LogP contribution in [-0.2, 0) is 6.54 Å². The van der Waals surface area contributed by atoms with E-state index in [0.717, 1.165) is 11.1 Å². The number of rotatable bonds is 3. The van der Waals surface area contributed by atoms with Crippen molar-refractivity contribution in [3.8, 4) is 0 Å². The van der Waals surface area contributed by atoms with E-state index in [4.69, 9.17) is 12.2 Å². The molecule has 2 aromatic rings. The summed E-state index contributed by atoms with van der Waals surface area (Å²) in [5.74, 6) is -0.632. The van der Waals surface area contributed by atoms with Crippen LogP contribution in [0.25, 0.3) is 0 Å². The van der Waals surface area contributed by atoms with Crippen molar-refractivity contribution in [1.82, 2.24) is 5.32 Å². The van der Waals surface area contributed by atoms with Crippen LogP contribution in [0.2, 0.25) is 0 Å². The molecular formula is C15H14F2N2S. The van der Waals surface area contributed by atoms with E-state index in [1.54, 1.807) is 24.3 Å². The van der Waals surface area contributed by atoms with Crippen molar-refractivity contribution >= 4 is 23.0 Å². The summed E-state index contributed by atoms with van der Waals surface area (Å²) in [4.78, 5) is 0. The smallest absolute Gasteiger partial charge is 0.171 e. The first-order valence-electron chi connectivity index (χ1n) is 6.10. The summed E-state index contributed by atoms with van der Waals surface area (Å²) in [5.41, 5.74) is 2.06. The molecule has 0 atom stereocenters. The molecule has 0 unspecified atom stereocenters. The van der Waals surface area contributed by atoms with Crippen LogP contribution < -0.4 is 10.6 Å². The topological polar surface area (TPSA) is 24.1 Å². The van der Waals surface area contributed by atoms with Gasteiger partial charge in [0.25, 0.3) is 0 Å². The van der Waals surface area contributed by atoms with Gasteiger partial charge in [-0.2, -0.15) is 0 Å². The molecule has 2 aromatic carbocycles. The summed E-state index contributed by atoms with van der Waals surface area (Å²) in [6.45, 7) is 2.26. The highest BCUT2D eigenvalue weighted by Crippen LogP contribution is 2.15. The molecule has 0 spiro atoms. The zero-order valence-electron chi connectivity index (χ0n) is 10.9. The van der Waals surface area contributed by atoms with Crippen LogP contribution in [0.1, 0.15) is 11.1 Å². The molecule has 2 nitrogen and oxygen atoms in total. The van der Waals surface area contributed by atoms with E-state index in [1.165, 1.54) is 18.2 Å². The van der Waals surface area contributed by atoms with Crippen LogP contribution in [-0.4, -0.2) is 5.11 Å². The Morgan fingerprint density at radius 3 is 2.45 bits per heavy atom. The lowest BCUT2D eigenvalue weighted by Gasteiger charge is -2.11. The molecule has 0 saturated carbocycles. The Balaban J connectivity index is 1.90. The van der Waals surface area contributed by atoms with Gasteiger partial charge < -0.3 is 10.6 Å². The highest BCUT2D eigenvalue weighted by Gasteiger charge is 2.04. The molecule has 0 radical (unpaired) electrons. The van der Waals surface area contributed by atoms with E-state index in [9.17, 15) is 8.78 Å². The Kier molecular flexibility index (Phi) is 4.63. The third kappa shape index (κ3) is 3.99. The summed E-state index contributed by atoms with van der Waals surface area (Å²) in [6.07, 6.45) is 0. The summed E-state index contributed by atoms with van der Waals surface area (Å²) < 4.78 is 26.4. The Labute approximate surface area is 121 Å². The van der Waals surface area contributed by atoms with Gasteiger partial charge in [0.05, 0.1) is 5.69 Å². The predicted molar refractivity (Wildman–Crippen MR) is 80.6 cm³/mol. The zero-order chi connectivity index (χ0) is 14.5. The van der Waals surface area contributed by atoms with Crippen LogP contribution in [0.4, 0.5) is 14.5 Å². The van der Waals surface area contributed by atoms with Gasteiger partial charge in [-0.05, 0) is 54.5 Å². The fourth-order valence-electron chi connectivity index (χ4n) is 1.67. The van der Waals surface area contributed by atoms with Gasteiger partial charge in [-0.1, -0.05) is 18.2 Å². The summed E-state index contributed by atoms with van der Waals surface area (Å²) in [5, 5.41) is 6.05. The van der Waals surface area contributed by atoms with Gasteiger partial charge in [0.15, 0.2) is 5.11 Å². The molecule has 0 aliphatic carbocycles. The predicted octanol–water partition coefficient (Wildman–Crippen LogP) is 3.76. The second-order valence-corrected chi connectivity index (χ2v) is 4.83. The maximum Gasteiger partial charge on any atom is 0.171 e. The maximum atomic E-state index is 13.6. The lowest BCUT2D eigenvalue weighted by Crippen LogP contribution is -2.28. The Morgan fingerprint density at radius 2 is 1.80 bits per heavy atom. The van der Waals surface area contributed by atoms with E-state index >= 15 is 0 Å². The largest absolute Gasteiger partial charge is 0.358 e. The van der Waals surface area contributed by atoms with Crippen LogP contribution in [0, 0.1) is 18.6 Å². The number of aryl methyl sites for hydroxylation is 1. The fourth-order valence-corrected chi connectivity index (χ4v) is 1.85. The van der Waals surface area contributed by atoms with E-state index in [-0.39, 0.29) is 11.6 Å². The molecule has 0 aromatic heterocycles. The first-order valence-corrected chi connectivity index (χ1v) is 6.51. The molecule has 5 heteroatoms. The van der Waals surface area contributed by atoms with Gasteiger partial charge >= 0.3 is 0 Å². The van der Waals surface area contributed by atoms with Crippen molar-refractivity contribution in [2.45, 2.75) is 13.5 Å². The van der Waals surface area contributed by atoms with Crippen LogP contribution in [0.3, 0.4) is 0 Å². The van der Waals surface area contributed by atoms with Gasteiger partial charge in [-0.3, -0.25) is 0 Å². The van der Waals surface area contributed by atoms with Crippen molar-refractivity contribution in [2.24, 2.45) is 0 Å². The number of anilines is 1. The fraction of sp³-hybridized carbons (Fsp3) is 0.133. The second-order valence-electron chi connectivity index (χ2n) is 4.42. The maximum absolute atomic E-state index is 13.6. The SMILES string of the molecule is Cc1ccc(NC(=S)NCc2ccc(F)cc2)c(F)c1. The minimum atomic E-state index is -0.351. The zero-order valence-corrected chi connectivity index (χ0v) is 11.7. The monoisotopic (exact) mass is 292 g/mol. The van der Waals surface area contributed by atoms with Crippen LogP contribution in [0.5, 0.6) is 0 Å². The average molecular weight is 292 g/mol. The summed E-state index contributed by atoms with van der Waals surface area (Å²) in [6, 6.07) is 11.0. The molecule has 20 heavy (non-hydrogen) atoms. The van der Waals surface area contributed by atoms with E-state index in [1.807, 2.05) is 6.92 Å². The Morgan fingerprint density at radius 1 is 1.10 bits per heavy atom. The quantitative estimate of drug-likeness (QED) is 0.842. The van der Waals surface area contributed by atoms with E-state index < -0.39 is 0 Å². The van der Waals surface area contributed by atoms with Crippen LogP contribution >= 0.6 is 12.2 Å². The molecule has 0 bridgehead atoms. The van der Waals surface area contributed by atoms with Gasteiger partial charge in [0.2, 0.25) is 0 Å². The second kappa shape index (κ2) is 6.43.